The van der Waals surface area contributed by atoms with Crippen molar-refractivity contribution in [3.8, 4) is 11.8 Å². The molecule has 0 heterocycles. The van der Waals surface area contributed by atoms with E-state index in [0.29, 0.717) is 18.8 Å². The minimum Gasteiger partial charge on any atom is -0.481 e. The maximum Gasteiger partial charge on any atom is 0.307 e. The Bertz CT molecular complexity index is 339. The maximum absolute atomic E-state index is 11.2. The van der Waals surface area contributed by atoms with Crippen LogP contribution in [0.4, 0.5) is 0 Å². The third-order valence-corrected chi connectivity index (χ3v) is 3.87. The van der Waals surface area contributed by atoms with E-state index in [4.69, 9.17) is 0 Å². The van der Waals surface area contributed by atoms with E-state index in [-0.39, 0.29) is 23.9 Å². The lowest BCUT2D eigenvalue weighted by atomic mass is 9.69. The number of fused-ring (bicyclic) bond motifs is 1. The lowest BCUT2D eigenvalue weighted by molar-refractivity contribution is -0.146. The molecular formula is C13H18O3. The van der Waals surface area contributed by atoms with Crippen LogP contribution in [-0.2, 0) is 4.79 Å². The van der Waals surface area contributed by atoms with Gasteiger partial charge in [0.05, 0.1) is 12.0 Å². The van der Waals surface area contributed by atoms with Crippen molar-refractivity contribution in [2.75, 3.05) is 0 Å². The summed E-state index contributed by atoms with van der Waals surface area (Å²) in [6.45, 7) is 2.12. The fraction of sp³-hybridized carbons (Fsp3) is 0.769. The molecule has 5 atom stereocenters. The van der Waals surface area contributed by atoms with Gasteiger partial charge in [0.25, 0.3) is 0 Å². The number of carboxylic acid groups (broad SMARTS) is 1. The molecule has 0 amide bonds. The molecule has 3 nitrogen and oxygen atoms in total. The molecule has 88 valence electrons. The maximum atomic E-state index is 11.2. The second-order valence-corrected chi connectivity index (χ2v) is 5.15. The molecule has 1 saturated carbocycles. The Morgan fingerprint density at radius 3 is 2.81 bits per heavy atom. The highest BCUT2D eigenvalue weighted by molar-refractivity contribution is 5.71. The van der Waals surface area contributed by atoms with Crippen molar-refractivity contribution in [2.45, 2.75) is 38.7 Å². The summed E-state index contributed by atoms with van der Waals surface area (Å²) in [5.41, 5.74) is 0. The van der Waals surface area contributed by atoms with Crippen molar-refractivity contribution in [2.24, 2.45) is 23.7 Å². The standard InChI is InChI=1S/C13H18O3/c1-8-3-2-4-9-10(13(15)16)5-6-12(14)11(9)7-8/h8-12,14H,3,5-7H2,1H3,(H,15,16). The van der Waals surface area contributed by atoms with Crippen molar-refractivity contribution in [3.05, 3.63) is 0 Å². The van der Waals surface area contributed by atoms with Gasteiger partial charge in [0.15, 0.2) is 0 Å². The molecule has 16 heavy (non-hydrogen) atoms. The Morgan fingerprint density at radius 2 is 2.12 bits per heavy atom. The molecule has 3 heteroatoms. The van der Waals surface area contributed by atoms with Crippen LogP contribution in [0.3, 0.4) is 0 Å². The number of aliphatic hydroxyl groups excluding tert-OH is 1. The molecule has 2 N–H and O–H groups in total. The lowest BCUT2D eigenvalue weighted by Gasteiger charge is -2.37. The van der Waals surface area contributed by atoms with Gasteiger partial charge < -0.3 is 10.2 Å². The van der Waals surface area contributed by atoms with Crippen molar-refractivity contribution in [3.63, 3.8) is 0 Å². The first kappa shape index (κ1) is 11.5. The van der Waals surface area contributed by atoms with Gasteiger partial charge in [-0.25, -0.2) is 0 Å². The average Bonchev–Trinajstić information content (AvgIpc) is 2.40. The van der Waals surface area contributed by atoms with Crippen LogP contribution in [-0.4, -0.2) is 22.3 Å². The summed E-state index contributed by atoms with van der Waals surface area (Å²) in [5, 5.41) is 19.2. The second-order valence-electron chi connectivity index (χ2n) is 5.15. The Labute approximate surface area is 95.9 Å². The zero-order valence-corrected chi connectivity index (χ0v) is 9.52. The minimum atomic E-state index is -0.759. The monoisotopic (exact) mass is 222 g/mol. The lowest BCUT2D eigenvalue weighted by Crippen LogP contribution is -2.40. The Balaban J connectivity index is 2.24. The molecule has 2 aliphatic carbocycles. The molecule has 1 fully saturated rings. The number of rotatable bonds is 1. The van der Waals surface area contributed by atoms with Gasteiger partial charge in [-0.15, -0.1) is 5.92 Å². The van der Waals surface area contributed by atoms with E-state index in [9.17, 15) is 15.0 Å². The van der Waals surface area contributed by atoms with Gasteiger partial charge in [-0.05, 0) is 31.1 Å². The molecule has 2 aliphatic rings. The topological polar surface area (TPSA) is 57.5 Å². The molecule has 0 saturated heterocycles. The predicted octanol–water partition coefficient (Wildman–Crippen LogP) is 1.51. The predicted molar refractivity (Wildman–Crippen MR) is 59.5 cm³/mol. The molecule has 0 bridgehead atoms. The van der Waals surface area contributed by atoms with E-state index in [1.54, 1.807) is 0 Å². The molecule has 0 radical (unpaired) electrons. The van der Waals surface area contributed by atoms with E-state index in [0.717, 1.165) is 12.8 Å². The van der Waals surface area contributed by atoms with Crippen LogP contribution in [0.5, 0.6) is 0 Å². The van der Waals surface area contributed by atoms with Crippen LogP contribution in [0.15, 0.2) is 0 Å². The smallest absolute Gasteiger partial charge is 0.307 e. The normalized spacial score (nSPS) is 42.5. The Morgan fingerprint density at radius 1 is 1.38 bits per heavy atom. The van der Waals surface area contributed by atoms with Crippen LogP contribution in [0.25, 0.3) is 0 Å². The summed E-state index contributed by atoms with van der Waals surface area (Å²) >= 11 is 0. The molecule has 0 aliphatic heterocycles. The Hall–Kier alpha value is -1.01. The van der Waals surface area contributed by atoms with E-state index < -0.39 is 5.97 Å². The number of aliphatic hydroxyl groups is 1. The molecule has 0 aromatic rings. The number of hydrogen-bond acceptors (Lipinski definition) is 2. The first-order valence-electron chi connectivity index (χ1n) is 5.99. The van der Waals surface area contributed by atoms with Gasteiger partial charge in [0.1, 0.15) is 0 Å². The zero-order valence-electron chi connectivity index (χ0n) is 9.52. The van der Waals surface area contributed by atoms with E-state index in [1.165, 1.54) is 0 Å². The van der Waals surface area contributed by atoms with Gasteiger partial charge in [-0.1, -0.05) is 12.8 Å². The Kier molecular flexibility index (Phi) is 3.20. The van der Waals surface area contributed by atoms with Gasteiger partial charge in [0.2, 0.25) is 0 Å². The first-order valence-corrected chi connectivity index (χ1v) is 5.99. The van der Waals surface area contributed by atoms with E-state index in [2.05, 4.69) is 18.8 Å². The summed E-state index contributed by atoms with van der Waals surface area (Å²) in [4.78, 5) is 11.2. The third kappa shape index (κ3) is 2.08. The summed E-state index contributed by atoms with van der Waals surface area (Å²) < 4.78 is 0. The zero-order chi connectivity index (χ0) is 11.7. The van der Waals surface area contributed by atoms with Crippen LogP contribution >= 0.6 is 0 Å². The molecule has 2 rings (SSSR count). The fourth-order valence-electron chi connectivity index (χ4n) is 2.97. The molecule has 0 spiro atoms. The SMILES string of the molecule is CC1CC#CC2C(C(=O)O)CCC(O)C2C1. The fourth-order valence-corrected chi connectivity index (χ4v) is 2.97. The van der Waals surface area contributed by atoms with Crippen molar-refractivity contribution >= 4 is 5.97 Å². The van der Waals surface area contributed by atoms with E-state index >= 15 is 0 Å². The molecule has 5 unspecified atom stereocenters. The largest absolute Gasteiger partial charge is 0.481 e. The van der Waals surface area contributed by atoms with Crippen LogP contribution in [0, 0.1) is 35.5 Å². The van der Waals surface area contributed by atoms with Crippen molar-refractivity contribution in [1.29, 1.82) is 0 Å². The number of carbonyl (C=O) groups is 1. The van der Waals surface area contributed by atoms with Crippen LogP contribution in [0.1, 0.15) is 32.6 Å². The van der Waals surface area contributed by atoms with Crippen LogP contribution in [0.2, 0.25) is 0 Å². The quantitative estimate of drug-likeness (QED) is 0.661. The first-order chi connectivity index (χ1) is 7.59. The average molecular weight is 222 g/mol. The second kappa shape index (κ2) is 4.47. The summed E-state index contributed by atoms with van der Waals surface area (Å²) in [6.07, 6.45) is 2.50. The summed E-state index contributed by atoms with van der Waals surface area (Å²) in [5.74, 6) is 5.39. The van der Waals surface area contributed by atoms with E-state index in [1.807, 2.05) is 0 Å². The highest BCUT2D eigenvalue weighted by Gasteiger charge is 2.42. The van der Waals surface area contributed by atoms with Gasteiger partial charge >= 0.3 is 5.97 Å². The van der Waals surface area contributed by atoms with Gasteiger partial charge in [0, 0.05) is 12.3 Å². The number of aliphatic carboxylic acids is 1. The highest BCUT2D eigenvalue weighted by atomic mass is 16.4. The van der Waals surface area contributed by atoms with Gasteiger partial charge in [-0.2, -0.15) is 0 Å². The molecular weight excluding hydrogens is 204 g/mol. The van der Waals surface area contributed by atoms with Crippen molar-refractivity contribution < 1.29 is 15.0 Å². The number of carboxylic acids is 1. The molecule has 0 aromatic heterocycles. The summed E-state index contributed by atoms with van der Waals surface area (Å²) in [6, 6.07) is 0. The van der Waals surface area contributed by atoms with Crippen LogP contribution < -0.4 is 0 Å². The van der Waals surface area contributed by atoms with Gasteiger partial charge in [-0.3, -0.25) is 4.79 Å². The molecule has 0 aromatic carbocycles. The highest BCUT2D eigenvalue weighted by Crippen LogP contribution is 2.40. The number of hydrogen-bond donors (Lipinski definition) is 2. The minimum absolute atomic E-state index is 0.0554. The summed E-state index contributed by atoms with van der Waals surface area (Å²) in [7, 11) is 0. The third-order valence-electron chi connectivity index (χ3n) is 3.87. The van der Waals surface area contributed by atoms with Crippen molar-refractivity contribution in [1.82, 2.24) is 0 Å².